The minimum atomic E-state index is -0.452. The van der Waals surface area contributed by atoms with Gasteiger partial charge in [0.15, 0.2) is 0 Å². The molecule has 1 aromatic heterocycles. The number of hydrogen-bond donors (Lipinski definition) is 1. The van der Waals surface area contributed by atoms with Gasteiger partial charge in [0, 0.05) is 6.54 Å². The number of carbonyl (C=O) groups excluding carboxylic acids is 2. The molecule has 19 heavy (non-hydrogen) atoms. The van der Waals surface area contributed by atoms with Crippen LogP contribution >= 0.6 is 11.3 Å². The lowest BCUT2D eigenvalue weighted by Crippen LogP contribution is -2.35. The molecule has 6 heteroatoms. The fourth-order valence-corrected chi connectivity index (χ4v) is 2.20. The molecule has 0 saturated heterocycles. The van der Waals surface area contributed by atoms with Crippen molar-refractivity contribution >= 4 is 23.2 Å². The van der Waals surface area contributed by atoms with E-state index >= 15 is 0 Å². The smallest absolute Gasteiger partial charge is 0.325 e. The number of methoxy groups -OCH3 is 1. The van der Waals surface area contributed by atoms with E-state index in [9.17, 15) is 9.59 Å². The first kappa shape index (κ1) is 15.2. The molecule has 0 saturated carbocycles. The van der Waals surface area contributed by atoms with E-state index in [1.54, 1.807) is 19.1 Å². The molecule has 0 fully saturated rings. The SMILES string of the molecule is CCN(CC(=O)OC)C(=O)c1ccc(C#CCO)s1. The summed E-state index contributed by atoms with van der Waals surface area (Å²) in [5.41, 5.74) is 0. The Morgan fingerprint density at radius 2 is 2.21 bits per heavy atom. The highest BCUT2D eigenvalue weighted by molar-refractivity contribution is 7.14. The Bertz CT molecular complexity index is 512. The molecular weight excluding hydrogens is 266 g/mol. The predicted octanol–water partition coefficient (Wildman–Crippen LogP) is 0.727. The standard InChI is InChI=1S/C13H15NO4S/c1-3-14(9-12(16)18-2)13(17)11-7-6-10(19-11)5-4-8-15/h6-7,15H,3,8-9H2,1-2H3. The van der Waals surface area contributed by atoms with Crippen LogP contribution < -0.4 is 0 Å². The lowest BCUT2D eigenvalue weighted by molar-refractivity contribution is -0.141. The molecule has 5 nitrogen and oxygen atoms in total. The largest absolute Gasteiger partial charge is 0.468 e. The zero-order valence-corrected chi connectivity index (χ0v) is 11.6. The lowest BCUT2D eigenvalue weighted by Gasteiger charge is -2.18. The molecule has 102 valence electrons. The molecule has 1 heterocycles. The van der Waals surface area contributed by atoms with Crippen LogP contribution in [0.2, 0.25) is 0 Å². The van der Waals surface area contributed by atoms with E-state index in [1.807, 2.05) is 0 Å². The average molecular weight is 281 g/mol. The summed E-state index contributed by atoms with van der Waals surface area (Å²) < 4.78 is 4.55. The van der Waals surface area contributed by atoms with Gasteiger partial charge in [0.2, 0.25) is 0 Å². The molecule has 0 aliphatic carbocycles. The lowest BCUT2D eigenvalue weighted by atomic mass is 10.3. The molecule has 0 radical (unpaired) electrons. The highest BCUT2D eigenvalue weighted by Gasteiger charge is 2.19. The Morgan fingerprint density at radius 1 is 1.47 bits per heavy atom. The highest BCUT2D eigenvalue weighted by Crippen LogP contribution is 2.17. The van der Waals surface area contributed by atoms with Gasteiger partial charge in [0.1, 0.15) is 13.2 Å². The topological polar surface area (TPSA) is 66.8 Å². The van der Waals surface area contributed by atoms with Crippen LogP contribution in [-0.2, 0) is 9.53 Å². The van der Waals surface area contributed by atoms with Crippen molar-refractivity contribution in [2.45, 2.75) is 6.92 Å². The van der Waals surface area contributed by atoms with Crippen molar-refractivity contribution in [2.24, 2.45) is 0 Å². The molecular formula is C13H15NO4S. The number of amides is 1. The van der Waals surface area contributed by atoms with Gasteiger partial charge in [-0.05, 0) is 19.1 Å². The van der Waals surface area contributed by atoms with Gasteiger partial charge in [-0.15, -0.1) is 11.3 Å². The Kier molecular flexibility index (Phi) is 6.06. The van der Waals surface area contributed by atoms with Crippen molar-refractivity contribution in [2.75, 3.05) is 26.8 Å². The number of thiophene rings is 1. The Labute approximate surface area is 115 Å². The third kappa shape index (κ3) is 4.39. The molecule has 0 bridgehead atoms. The van der Waals surface area contributed by atoms with Gasteiger partial charge in [0.25, 0.3) is 5.91 Å². The van der Waals surface area contributed by atoms with Crippen LogP contribution in [0.25, 0.3) is 0 Å². The third-order valence-electron chi connectivity index (χ3n) is 2.32. The van der Waals surface area contributed by atoms with Gasteiger partial charge in [-0.25, -0.2) is 0 Å². The zero-order chi connectivity index (χ0) is 14.3. The molecule has 0 aliphatic rings. The fraction of sp³-hybridized carbons (Fsp3) is 0.385. The first-order valence-electron chi connectivity index (χ1n) is 5.68. The zero-order valence-electron chi connectivity index (χ0n) is 10.8. The average Bonchev–Trinajstić information content (AvgIpc) is 2.90. The van der Waals surface area contributed by atoms with E-state index in [1.165, 1.54) is 23.3 Å². The van der Waals surface area contributed by atoms with Crippen LogP contribution in [0.1, 0.15) is 21.5 Å². The number of aliphatic hydroxyl groups is 1. The number of likely N-dealkylation sites (N-methyl/N-ethyl adjacent to an activating group) is 1. The van der Waals surface area contributed by atoms with Crippen LogP contribution in [0.5, 0.6) is 0 Å². The van der Waals surface area contributed by atoms with Crippen LogP contribution in [0, 0.1) is 11.8 Å². The van der Waals surface area contributed by atoms with Crippen LogP contribution in [0.3, 0.4) is 0 Å². The van der Waals surface area contributed by atoms with Crippen LogP contribution in [0.15, 0.2) is 12.1 Å². The number of esters is 1. The van der Waals surface area contributed by atoms with Crippen molar-refractivity contribution in [3.8, 4) is 11.8 Å². The second-order valence-electron chi connectivity index (χ2n) is 3.52. The van der Waals surface area contributed by atoms with Gasteiger partial charge < -0.3 is 14.7 Å². The van der Waals surface area contributed by atoms with Gasteiger partial charge in [-0.3, -0.25) is 9.59 Å². The second kappa shape index (κ2) is 7.56. The minimum absolute atomic E-state index is 0.0681. The first-order chi connectivity index (χ1) is 9.12. The Morgan fingerprint density at radius 3 is 2.79 bits per heavy atom. The number of aliphatic hydroxyl groups excluding tert-OH is 1. The molecule has 1 rings (SSSR count). The van der Waals surface area contributed by atoms with E-state index in [2.05, 4.69) is 16.6 Å². The summed E-state index contributed by atoms with van der Waals surface area (Å²) in [6.07, 6.45) is 0. The molecule has 1 aromatic rings. The predicted molar refractivity (Wildman–Crippen MR) is 71.9 cm³/mol. The quantitative estimate of drug-likeness (QED) is 0.652. The minimum Gasteiger partial charge on any atom is -0.468 e. The van der Waals surface area contributed by atoms with Crippen molar-refractivity contribution in [1.82, 2.24) is 4.90 Å². The summed E-state index contributed by atoms with van der Waals surface area (Å²) >= 11 is 1.23. The van der Waals surface area contributed by atoms with Gasteiger partial charge in [-0.2, -0.15) is 0 Å². The van der Waals surface area contributed by atoms with Gasteiger partial charge in [0.05, 0.1) is 16.9 Å². The summed E-state index contributed by atoms with van der Waals surface area (Å²) in [5, 5.41) is 8.60. The van der Waals surface area contributed by atoms with Crippen molar-refractivity contribution in [3.05, 3.63) is 21.9 Å². The van der Waals surface area contributed by atoms with E-state index in [-0.39, 0.29) is 19.1 Å². The summed E-state index contributed by atoms with van der Waals surface area (Å²) in [4.78, 5) is 26.0. The molecule has 0 aliphatic heterocycles. The molecule has 0 aromatic carbocycles. The van der Waals surface area contributed by atoms with Crippen LogP contribution in [0.4, 0.5) is 0 Å². The molecule has 0 spiro atoms. The maximum absolute atomic E-state index is 12.1. The van der Waals surface area contributed by atoms with Crippen LogP contribution in [-0.4, -0.2) is 48.7 Å². The number of nitrogens with zero attached hydrogens (tertiary/aromatic N) is 1. The van der Waals surface area contributed by atoms with E-state index in [4.69, 9.17) is 5.11 Å². The van der Waals surface area contributed by atoms with Crippen molar-refractivity contribution < 1.29 is 19.4 Å². The Balaban J connectivity index is 2.80. The molecule has 0 unspecified atom stereocenters. The third-order valence-corrected chi connectivity index (χ3v) is 3.31. The summed E-state index contributed by atoms with van der Waals surface area (Å²) in [6.45, 7) is 1.93. The van der Waals surface area contributed by atoms with Gasteiger partial charge >= 0.3 is 5.97 Å². The number of rotatable bonds is 4. The summed E-state index contributed by atoms with van der Waals surface area (Å²) in [6, 6.07) is 3.38. The number of carbonyl (C=O) groups is 2. The maximum atomic E-state index is 12.1. The van der Waals surface area contributed by atoms with E-state index < -0.39 is 5.97 Å². The fourth-order valence-electron chi connectivity index (χ4n) is 1.35. The summed E-state index contributed by atoms with van der Waals surface area (Å²) in [5.74, 6) is 4.57. The van der Waals surface area contributed by atoms with Crippen molar-refractivity contribution in [3.63, 3.8) is 0 Å². The normalized spacial score (nSPS) is 9.42. The molecule has 1 amide bonds. The molecule has 1 N–H and O–H groups in total. The van der Waals surface area contributed by atoms with Gasteiger partial charge in [-0.1, -0.05) is 11.8 Å². The van der Waals surface area contributed by atoms with E-state index in [0.29, 0.717) is 16.3 Å². The number of ether oxygens (including phenoxy) is 1. The second-order valence-corrected chi connectivity index (χ2v) is 4.60. The highest BCUT2D eigenvalue weighted by atomic mass is 32.1. The van der Waals surface area contributed by atoms with Crippen molar-refractivity contribution in [1.29, 1.82) is 0 Å². The maximum Gasteiger partial charge on any atom is 0.325 e. The number of hydrogen-bond acceptors (Lipinski definition) is 5. The monoisotopic (exact) mass is 281 g/mol. The first-order valence-corrected chi connectivity index (χ1v) is 6.49. The molecule has 0 atom stereocenters. The van der Waals surface area contributed by atoms with E-state index in [0.717, 1.165) is 0 Å². The Hall–Kier alpha value is -1.84. The summed E-state index contributed by atoms with van der Waals surface area (Å²) in [7, 11) is 1.29.